The van der Waals surface area contributed by atoms with Gasteiger partial charge in [0.2, 0.25) is 11.8 Å². The summed E-state index contributed by atoms with van der Waals surface area (Å²) >= 11 is 5.66. The lowest BCUT2D eigenvalue weighted by Crippen LogP contribution is -2.45. The molecule has 6 nitrogen and oxygen atoms in total. The van der Waals surface area contributed by atoms with Crippen LogP contribution in [0.15, 0.2) is 18.2 Å². The number of hydrogen-bond donors (Lipinski definition) is 1. The Morgan fingerprint density at radius 1 is 1.24 bits per heavy atom. The number of carboxylic acids is 1. The first-order valence-corrected chi connectivity index (χ1v) is 8.51. The zero-order chi connectivity index (χ0) is 18.1. The van der Waals surface area contributed by atoms with E-state index in [-0.39, 0.29) is 36.3 Å². The summed E-state index contributed by atoms with van der Waals surface area (Å²) in [5.41, 5.74) is 0.365. The van der Waals surface area contributed by atoms with Gasteiger partial charge in [0, 0.05) is 31.7 Å². The zero-order valence-electron chi connectivity index (χ0n) is 13.5. The van der Waals surface area contributed by atoms with Crippen LogP contribution in [0.4, 0.5) is 10.1 Å². The number of rotatable bonds is 3. The van der Waals surface area contributed by atoms with Crippen LogP contribution in [0.5, 0.6) is 0 Å². The average molecular weight is 369 g/mol. The lowest BCUT2D eigenvalue weighted by Gasteiger charge is -2.32. The number of anilines is 1. The average Bonchev–Trinajstić information content (AvgIpc) is 2.98. The molecule has 1 aromatic carbocycles. The standard InChI is InChI=1S/C17H18ClFN2O4/c18-13-4-3-12(7-14(13)19)21-9-11(6-15(21)22)16(23)20-5-1-2-10(8-20)17(24)25/h3-4,7,10-11H,1-2,5-6,8-9H2,(H,24,25). The first kappa shape index (κ1) is 17.7. The van der Waals surface area contributed by atoms with E-state index in [1.165, 1.54) is 28.0 Å². The highest BCUT2D eigenvalue weighted by molar-refractivity contribution is 6.30. The number of aliphatic carboxylic acids is 1. The second-order valence-corrected chi connectivity index (χ2v) is 6.87. The number of likely N-dealkylation sites (tertiary alicyclic amines) is 1. The summed E-state index contributed by atoms with van der Waals surface area (Å²) in [5, 5.41) is 9.11. The fraction of sp³-hybridized carbons (Fsp3) is 0.471. The summed E-state index contributed by atoms with van der Waals surface area (Å²) in [5.74, 6) is -3.10. The van der Waals surface area contributed by atoms with Crippen LogP contribution in [0, 0.1) is 17.7 Å². The maximum absolute atomic E-state index is 13.6. The zero-order valence-corrected chi connectivity index (χ0v) is 14.2. The van der Waals surface area contributed by atoms with Crippen molar-refractivity contribution in [2.45, 2.75) is 19.3 Å². The first-order chi connectivity index (χ1) is 11.9. The molecule has 0 aliphatic carbocycles. The minimum Gasteiger partial charge on any atom is -0.481 e. The molecule has 1 N–H and O–H groups in total. The highest BCUT2D eigenvalue weighted by Crippen LogP contribution is 2.30. The number of carbonyl (C=O) groups excluding carboxylic acids is 2. The summed E-state index contributed by atoms with van der Waals surface area (Å²) in [6.07, 6.45) is 1.23. The van der Waals surface area contributed by atoms with E-state index in [0.29, 0.717) is 25.1 Å². The van der Waals surface area contributed by atoms with Gasteiger partial charge in [-0.25, -0.2) is 4.39 Å². The van der Waals surface area contributed by atoms with E-state index in [4.69, 9.17) is 16.7 Å². The molecule has 2 unspecified atom stereocenters. The van der Waals surface area contributed by atoms with Gasteiger partial charge in [-0.05, 0) is 31.0 Å². The Balaban J connectivity index is 1.70. The monoisotopic (exact) mass is 368 g/mol. The van der Waals surface area contributed by atoms with Crippen molar-refractivity contribution in [2.75, 3.05) is 24.5 Å². The van der Waals surface area contributed by atoms with Gasteiger partial charge >= 0.3 is 5.97 Å². The van der Waals surface area contributed by atoms with E-state index >= 15 is 0 Å². The number of halogens is 2. The molecule has 134 valence electrons. The number of benzene rings is 1. The Hall–Kier alpha value is -2.15. The van der Waals surface area contributed by atoms with Gasteiger partial charge in [0.15, 0.2) is 0 Å². The SMILES string of the molecule is O=C(O)C1CCCN(C(=O)C2CC(=O)N(c3ccc(Cl)c(F)c3)C2)C1. The Morgan fingerprint density at radius 2 is 2.00 bits per heavy atom. The third-order valence-electron chi connectivity index (χ3n) is 4.77. The third kappa shape index (κ3) is 3.61. The number of hydrogen-bond acceptors (Lipinski definition) is 3. The molecule has 0 radical (unpaired) electrons. The quantitative estimate of drug-likeness (QED) is 0.886. The molecule has 0 saturated carbocycles. The van der Waals surface area contributed by atoms with E-state index in [1.807, 2.05) is 0 Å². The lowest BCUT2D eigenvalue weighted by molar-refractivity contribution is -0.146. The molecule has 0 spiro atoms. The molecule has 25 heavy (non-hydrogen) atoms. The fourth-order valence-electron chi connectivity index (χ4n) is 3.41. The summed E-state index contributed by atoms with van der Waals surface area (Å²) in [4.78, 5) is 39.0. The summed E-state index contributed by atoms with van der Waals surface area (Å²) in [6, 6.07) is 4.09. The van der Waals surface area contributed by atoms with Crippen molar-refractivity contribution in [1.82, 2.24) is 4.90 Å². The van der Waals surface area contributed by atoms with E-state index in [2.05, 4.69) is 0 Å². The summed E-state index contributed by atoms with van der Waals surface area (Å²) in [7, 11) is 0. The van der Waals surface area contributed by atoms with Crippen LogP contribution in [0.25, 0.3) is 0 Å². The molecule has 0 bridgehead atoms. The van der Waals surface area contributed by atoms with Crippen molar-refractivity contribution in [1.29, 1.82) is 0 Å². The summed E-state index contributed by atoms with van der Waals surface area (Å²) in [6.45, 7) is 0.838. The molecule has 2 fully saturated rings. The Labute approximate surface area is 149 Å². The maximum Gasteiger partial charge on any atom is 0.308 e. The third-order valence-corrected chi connectivity index (χ3v) is 5.08. The van der Waals surface area contributed by atoms with Crippen molar-refractivity contribution in [3.63, 3.8) is 0 Å². The van der Waals surface area contributed by atoms with Gasteiger partial charge in [-0.1, -0.05) is 11.6 Å². The molecule has 3 rings (SSSR count). The largest absolute Gasteiger partial charge is 0.481 e. The van der Waals surface area contributed by atoms with Gasteiger partial charge in [-0.2, -0.15) is 0 Å². The van der Waals surface area contributed by atoms with Crippen LogP contribution >= 0.6 is 11.6 Å². The fourth-order valence-corrected chi connectivity index (χ4v) is 3.53. The van der Waals surface area contributed by atoms with E-state index in [0.717, 1.165) is 0 Å². The van der Waals surface area contributed by atoms with E-state index in [9.17, 15) is 18.8 Å². The van der Waals surface area contributed by atoms with Crippen LogP contribution in [0.1, 0.15) is 19.3 Å². The second-order valence-electron chi connectivity index (χ2n) is 6.47. The van der Waals surface area contributed by atoms with Crippen LogP contribution in [0.2, 0.25) is 5.02 Å². The van der Waals surface area contributed by atoms with Crippen LogP contribution < -0.4 is 4.90 Å². The van der Waals surface area contributed by atoms with Crippen molar-refractivity contribution < 1.29 is 23.9 Å². The van der Waals surface area contributed by atoms with Crippen LogP contribution in [-0.2, 0) is 14.4 Å². The van der Waals surface area contributed by atoms with Crippen molar-refractivity contribution in [3.8, 4) is 0 Å². The predicted molar refractivity (Wildman–Crippen MR) is 88.8 cm³/mol. The van der Waals surface area contributed by atoms with Crippen LogP contribution in [-0.4, -0.2) is 47.4 Å². The van der Waals surface area contributed by atoms with Gasteiger partial charge in [0.05, 0.1) is 16.9 Å². The molecule has 2 aliphatic rings. The van der Waals surface area contributed by atoms with Gasteiger partial charge in [-0.3, -0.25) is 14.4 Å². The van der Waals surface area contributed by atoms with Gasteiger partial charge in [0.1, 0.15) is 5.82 Å². The van der Waals surface area contributed by atoms with E-state index < -0.39 is 23.6 Å². The molecule has 2 aliphatic heterocycles. The minimum atomic E-state index is -0.904. The molecule has 2 saturated heterocycles. The normalized spacial score (nSPS) is 23.8. The maximum atomic E-state index is 13.6. The van der Waals surface area contributed by atoms with Crippen molar-refractivity contribution in [3.05, 3.63) is 29.0 Å². The van der Waals surface area contributed by atoms with Crippen molar-refractivity contribution >= 4 is 35.1 Å². The van der Waals surface area contributed by atoms with E-state index in [1.54, 1.807) is 0 Å². The molecular weight excluding hydrogens is 351 g/mol. The number of carbonyl (C=O) groups is 3. The molecular formula is C17H18ClFN2O4. The highest BCUT2D eigenvalue weighted by atomic mass is 35.5. The first-order valence-electron chi connectivity index (χ1n) is 8.14. The topological polar surface area (TPSA) is 77.9 Å². The smallest absolute Gasteiger partial charge is 0.308 e. The minimum absolute atomic E-state index is 0.0314. The van der Waals surface area contributed by atoms with Crippen LogP contribution in [0.3, 0.4) is 0 Å². The van der Waals surface area contributed by atoms with Gasteiger partial charge < -0.3 is 14.9 Å². The number of nitrogens with zero attached hydrogens (tertiary/aromatic N) is 2. The predicted octanol–water partition coefficient (Wildman–Crippen LogP) is 2.16. The molecule has 2 heterocycles. The van der Waals surface area contributed by atoms with Crippen molar-refractivity contribution in [2.24, 2.45) is 11.8 Å². The summed E-state index contributed by atoms with van der Waals surface area (Å²) < 4.78 is 13.6. The molecule has 1 aromatic rings. The lowest BCUT2D eigenvalue weighted by atomic mass is 9.96. The van der Waals surface area contributed by atoms with Gasteiger partial charge in [0.25, 0.3) is 0 Å². The van der Waals surface area contributed by atoms with Gasteiger partial charge in [-0.15, -0.1) is 0 Å². The molecule has 0 aromatic heterocycles. The molecule has 2 amide bonds. The Bertz CT molecular complexity index is 727. The molecule has 2 atom stereocenters. The second kappa shape index (κ2) is 7.00. The number of piperidine rings is 1. The highest BCUT2D eigenvalue weighted by Gasteiger charge is 2.39. The molecule has 8 heteroatoms. The Morgan fingerprint density at radius 3 is 2.68 bits per heavy atom. The Kier molecular flexibility index (Phi) is 4.94. The number of carboxylic acid groups (broad SMARTS) is 1. The number of amides is 2.